The summed E-state index contributed by atoms with van der Waals surface area (Å²) in [6.07, 6.45) is 4.79. The second-order valence-electron chi connectivity index (χ2n) is 9.21. The second kappa shape index (κ2) is 15.5. The molecule has 0 aliphatic carbocycles. The van der Waals surface area contributed by atoms with E-state index in [-0.39, 0.29) is 18.2 Å². The highest BCUT2D eigenvalue weighted by atomic mass is 16.6. The summed E-state index contributed by atoms with van der Waals surface area (Å²) < 4.78 is 11.2. The zero-order valence-electron chi connectivity index (χ0n) is 21.5. The van der Waals surface area contributed by atoms with Gasteiger partial charge in [-0.2, -0.15) is 0 Å². The van der Waals surface area contributed by atoms with Crippen molar-refractivity contribution in [1.82, 2.24) is 9.80 Å². The first-order chi connectivity index (χ1) is 18.4. The Morgan fingerprint density at radius 1 is 0.947 bits per heavy atom. The van der Waals surface area contributed by atoms with E-state index in [0.29, 0.717) is 18.7 Å². The van der Waals surface area contributed by atoms with E-state index < -0.39 is 11.9 Å². The maximum absolute atomic E-state index is 12.8. The molecule has 9 nitrogen and oxygen atoms in total. The number of aryl methyl sites for hydroxylation is 1. The van der Waals surface area contributed by atoms with Crippen molar-refractivity contribution in [2.75, 3.05) is 39.4 Å². The number of hydrogen-bond acceptors (Lipinski definition) is 6. The smallest absolute Gasteiger partial charge is 0.410 e. The molecule has 2 aromatic carbocycles. The van der Waals surface area contributed by atoms with E-state index in [1.165, 1.54) is 11.1 Å². The number of ether oxygens (including phenoxy) is 2. The number of carboxylic acids is 2. The molecule has 4 rings (SSSR count). The molecule has 1 amide bonds. The lowest BCUT2D eigenvalue weighted by Gasteiger charge is -2.31. The van der Waals surface area contributed by atoms with Crippen LogP contribution in [0.25, 0.3) is 0 Å². The Morgan fingerprint density at radius 2 is 1.55 bits per heavy atom. The molecule has 0 saturated carbocycles. The number of aliphatic carboxylic acids is 2. The fourth-order valence-electron chi connectivity index (χ4n) is 4.57. The summed E-state index contributed by atoms with van der Waals surface area (Å²) in [5.74, 6) is -2.51. The van der Waals surface area contributed by atoms with E-state index in [0.717, 1.165) is 58.5 Å². The van der Waals surface area contributed by atoms with Crippen LogP contribution >= 0.6 is 0 Å². The number of hydrogen-bond donors (Lipinski definition) is 2. The van der Waals surface area contributed by atoms with Gasteiger partial charge in [-0.1, -0.05) is 60.7 Å². The Labute approximate surface area is 223 Å². The molecule has 2 heterocycles. The molecule has 0 aromatic heterocycles. The topological polar surface area (TPSA) is 117 Å². The second-order valence-corrected chi connectivity index (χ2v) is 9.21. The lowest BCUT2D eigenvalue weighted by atomic mass is 10.0. The highest BCUT2D eigenvalue weighted by Gasteiger charge is 2.36. The van der Waals surface area contributed by atoms with Gasteiger partial charge in [0.25, 0.3) is 0 Å². The van der Waals surface area contributed by atoms with E-state index in [9.17, 15) is 14.4 Å². The Hall–Kier alpha value is -3.69. The number of rotatable bonds is 11. The van der Waals surface area contributed by atoms with Gasteiger partial charge in [-0.3, -0.25) is 9.80 Å². The Balaban J connectivity index is 0.000000436. The molecule has 0 spiro atoms. The molecule has 0 bridgehead atoms. The van der Waals surface area contributed by atoms with Gasteiger partial charge in [-0.05, 0) is 36.8 Å². The zero-order valence-corrected chi connectivity index (χ0v) is 21.5. The average Bonchev–Trinajstić information content (AvgIpc) is 3.29. The van der Waals surface area contributed by atoms with Crippen LogP contribution in [-0.4, -0.2) is 83.5 Å². The van der Waals surface area contributed by atoms with E-state index in [1.54, 1.807) is 0 Å². The van der Waals surface area contributed by atoms with Crippen molar-refractivity contribution in [3.63, 3.8) is 0 Å². The number of morpholine rings is 1. The molecule has 2 fully saturated rings. The number of benzene rings is 2. The van der Waals surface area contributed by atoms with E-state index >= 15 is 0 Å². The molecule has 38 heavy (non-hydrogen) atoms. The maximum atomic E-state index is 12.8. The lowest BCUT2D eigenvalue weighted by Crippen LogP contribution is -2.39. The summed E-state index contributed by atoms with van der Waals surface area (Å²) in [5, 5.41) is 15.6. The van der Waals surface area contributed by atoms with Gasteiger partial charge in [0.2, 0.25) is 0 Å². The minimum absolute atomic E-state index is 0.0178. The van der Waals surface area contributed by atoms with E-state index in [2.05, 4.69) is 53.4 Å². The molecule has 2 aromatic rings. The van der Waals surface area contributed by atoms with Crippen LogP contribution < -0.4 is 0 Å². The standard InChI is InChI=1S/C25H32N2O3.C4H4O4/c28-25-27(20-23(30-25)13-7-10-21-8-3-1-4-9-21)24(22-11-5-2-6-12-22)14-15-26-16-18-29-19-17-26;5-3(6)1-2-4(7)8/h1-6,8-9,11-12,23-24H,7,10,13-20H2;1-2H,(H,5,6)(H,7,8). The maximum Gasteiger partial charge on any atom is 0.410 e. The number of cyclic esters (lactones) is 1. The quantitative estimate of drug-likeness (QED) is 0.424. The number of nitrogens with zero attached hydrogens (tertiary/aromatic N) is 2. The summed E-state index contributed by atoms with van der Waals surface area (Å²) in [6.45, 7) is 5.17. The van der Waals surface area contributed by atoms with Crippen LogP contribution in [0.5, 0.6) is 0 Å². The number of amides is 1. The minimum atomic E-state index is -1.26. The Bertz CT molecular complexity index is 1020. The van der Waals surface area contributed by atoms with Crippen LogP contribution in [0.2, 0.25) is 0 Å². The summed E-state index contributed by atoms with van der Waals surface area (Å²) in [4.78, 5) is 36.2. The number of carbonyl (C=O) groups is 3. The van der Waals surface area contributed by atoms with Gasteiger partial charge < -0.3 is 19.7 Å². The predicted octanol–water partition coefficient (Wildman–Crippen LogP) is 4.01. The summed E-state index contributed by atoms with van der Waals surface area (Å²) in [5.41, 5.74) is 2.53. The largest absolute Gasteiger partial charge is 0.478 e. The van der Waals surface area contributed by atoms with Crippen LogP contribution in [0, 0.1) is 0 Å². The number of carboxylic acid groups (broad SMARTS) is 2. The van der Waals surface area contributed by atoms with Crippen molar-refractivity contribution in [1.29, 1.82) is 0 Å². The highest BCUT2D eigenvalue weighted by Crippen LogP contribution is 2.30. The fraction of sp³-hybridized carbons (Fsp3) is 0.414. The van der Waals surface area contributed by atoms with Gasteiger partial charge in [0.05, 0.1) is 25.8 Å². The summed E-state index contributed by atoms with van der Waals surface area (Å²) in [6, 6.07) is 20.9. The van der Waals surface area contributed by atoms with Gasteiger partial charge in [0.15, 0.2) is 0 Å². The van der Waals surface area contributed by atoms with Crippen LogP contribution in [0.3, 0.4) is 0 Å². The van der Waals surface area contributed by atoms with Crippen molar-refractivity contribution < 1.29 is 34.1 Å². The van der Waals surface area contributed by atoms with Crippen LogP contribution in [0.4, 0.5) is 4.79 Å². The first kappa shape index (κ1) is 28.9. The molecule has 204 valence electrons. The van der Waals surface area contributed by atoms with Gasteiger partial charge in [0, 0.05) is 31.8 Å². The van der Waals surface area contributed by atoms with Crippen molar-refractivity contribution >= 4 is 18.0 Å². The van der Waals surface area contributed by atoms with Crippen molar-refractivity contribution in [3.05, 3.63) is 83.9 Å². The van der Waals surface area contributed by atoms with Crippen molar-refractivity contribution in [3.8, 4) is 0 Å². The molecule has 2 atom stereocenters. The van der Waals surface area contributed by atoms with E-state index in [4.69, 9.17) is 19.7 Å². The molecule has 2 aliphatic heterocycles. The third-order valence-corrected chi connectivity index (χ3v) is 6.49. The Kier molecular flexibility index (Phi) is 11.8. The molecular formula is C29H36N2O7. The molecule has 2 unspecified atom stereocenters. The molecule has 0 radical (unpaired) electrons. The van der Waals surface area contributed by atoms with Gasteiger partial charge in [-0.25, -0.2) is 14.4 Å². The third-order valence-electron chi connectivity index (χ3n) is 6.49. The third kappa shape index (κ3) is 9.99. The van der Waals surface area contributed by atoms with E-state index in [1.807, 2.05) is 17.0 Å². The minimum Gasteiger partial charge on any atom is -0.478 e. The van der Waals surface area contributed by atoms with Crippen LogP contribution in [0.15, 0.2) is 72.8 Å². The Morgan fingerprint density at radius 3 is 2.16 bits per heavy atom. The first-order valence-corrected chi connectivity index (χ1v) is 12.9. The lowest BCUT2D eigenvalue weighted by molar-refractivity contribution is -0.134. The number of carbonyl (C=O) groups excluding carboxylic acids is 1. The normalized spacial score (nSPS) is 18.5. The highest BCUT2D eigenvalue weighted by molar-refractivity contribution is 5.89. The van der Waals surface area contributed by atoms with Gasteiger partial charge in [-0.15, -0.1) is 0 Å². The molecular weight excluding hydrogens is 488 g/mol. The average molecular weight is 525 g/mol. The molecule has 2 saturated heterocycles. The van der Waals surface area contributed by atoms with Crippen molar-refractivity contribution in [2.24, 2.45) is 0 Å². The molecule has 2 aliphatic rings. The van der Waals surface area contributed by atoms with Crippen LogP contribution in [0.1, 0.15) is 36.4 Å². The van der Waals surface area contributed by atoms with Gasteiger partial charge in [0.1, 0.15) is 6.10 Å². The SMILES string of the molecule is O=C(O)C=CC(=O)O.O=C1OC(CCCc2ccccc2)CN1C(CCN1CCOCC1)c1ccccc1. The summed E-state index contributed by atoms with van der Waals surface area (Å²) in [7, 11) is 0. The zero-order chi connectivity index (χ0) is 27.2. The van der Waals surface area contributed by atoms with Crippen LogP contribution in [-0.2, 0) is 25.5 Å². The molecule has 9 heteroatoms. The monoisotopic (exact) mass is 524 g/mol. The first-order valence-electron chi connectivity index (χ1n) is 12.9. The van der Waals surface area contributed by atoms with Crippen molar-refractivity contribution in [2.45, 2.75) is 37.8 Å². The fourth-order valence-corrected chi connectivity index (χ4v) is 4.57. The predicted molar refractivity (Wildman–Crippen MR) is 142 cm³/mol. The summed E-state index contributed by atoms with van der Waals surface area (Å²) >= 11 is 0. The van der Waals surface area contributed by atoms with Gasteiger partial charge >= 0.3 is 18.0 Å². The molecule has 2 N–H and O–H groups in total.